The van der Waals surface area contributed by atoms with E-state index in [0.717, 1.165) is 36.2 Å². The van der Waals surface area contributed by atoms with Crippen LogP contribution >= 0.6 is 0 Å². The van der Waals surface area contributed by atoms with Gasteiger partial charge >= 0.3 is 0 Å². The lowest BCUT2D eigenvalue weighted by molar-refractivity contribution is 0.477. The van der Waals surface area contributed by atoms with Crippen molar-refractivity contribution >= 4 is 16.7 Å². The van der Waals surface area contributed by atoms with Gasteiger partial charge in [0.25, 0.3) is 0 Å². The first-order valence-corrected chi connectivity index (χ1v) is 7.86. The summed E-state index contributed by atoms with van der Waals surface area (Å²) in [5, 5.41) is 11.2. The molecule has 1 fully saturated rings. The summed E-state index contributed by atoms with van der Waals surface area (Å²) in [6, 6.07) is 13.5. The molecule has 2 heterocycles. The molecule has 3 aromatic rings. The number of phenolic OH excluding ortho intramolecular Hbond substituents is 1. The van der Waals surface area contributed by atoms with E-state index in [1.165, 1.54) is 5.56 Å². The quantitative estimate of drug-likeness (QED) is 0.784. The summed E-state index contributed by atoms with van der Waals surface area (Å²) in [7, 11) is 0. The summed E-state index contributed by atoms with van der Waals surface area (Å²) in [4.78, 5) is 11.7. The van der Waals surface area contributed by atoms with E-state index in [1.54, 1.807) is 12.1 Å². The third-order valence-electron chi connectivity index (χ3n) is 4.23. The molecule has 2 aromatic carbocycles. The predicted molar refractivity (Wildman–Crippen MR) is 92.5 cm³/mol. The van der Waals surface area contributed by atoms with Gasteiger partial charge in [0.2, 0.25) is 0 Å². The van der Waals surface area contributed by atoms with Crippen LogP contribution in [0.15, 0.2) is 42.5 Å². The van der Waals surface area contributed by atoms with Crippen molar-refractivity contribution in [3.63, 3.8) is 0 Å². The fourth-order valence-corrected chi connectivity index (χ4v) is 3.03. The summed E-state index contributed by atoms with van der Waals surface area (Å²) >= 11 is 0. The van der Waals surface area contributed by atoms with Gasteiger partial charge in [-0.2, -0.15) is 0 Å². The average Bonchev–Trinajstić information content (AvgIpc) is 3.08. The number of nitrogens with zero attached hydrogens (tertiary/aromatic N) is 3. The third-order valence-corrected chi connectivity index (χ3v) is 4.23. The van der Waals surface area contributed by atoms with Crippen molar-refractivity contribution in [2.45, 2.75) is 13.3 Å². The van der Waals surface area contributed by atoms with Gasteiger partial charge in [-0.1, -0.05) is 18.2 Å². The summed E-state index contributed by atoms with van der Waals surface area (Å²) < 4.78 is 0. The number of phenols is 1. The van der Waals surface area contributed by atoms with E-state index in [-0.39, 0.29) is 5.75 Å². The molecule has 115 valence electrons. The summed E-state index contributed by atoms with van der Waals surface area (Å²) in [6.45, 7) is 3.94. The molecule has 4 heteroatoms. The summed E-state index contributed by atoms with van der Waals surface area (Å²) in [5.41, 5.74) is 2.75. The SMILES string of the molecule is Cc1ccc2c(N3C[CH]CC3)nc(-c3ccccc3O)nc2c1. The Balaban J connectivity index is 1.97. The van der Waals surface area contributed by atoms with Crippen LogP contribution in [0.2, 0.25) is 0 Å². The number of aromatic hydroxyl groups is 1. The molecule has 4 rings (SSSR count). The van der Waals surface area contributed by atoms with Crippen LogP contribution in [-0.4, -0.2) is 28.2 Å². The Morgan fingerprint density at radius 3 is 2.74 bits per heavy atom. The van der Waals surface area contributed by atoms with E-state index >= 15 is 0 Å². The summed E-state index contributed by atoms with van der Waals surface area (Å²) in [6.07, 6.45) is 3.34. The molecule has 1 radical (unpaired) electrons. The van der Waals surface area contributed by atoms with Gasteiger partial charge < -0.3 is 10.0 Å². The largest absolute Gasteiger partial charge is 0.507 e. The zero-order chi connectivity index (χ0) is 15.8. The first-order chi connectivity index (χ1) is 11.2. The van der Waals surface area contributed by atoms with Crippen molar-refractivity contribution in [1.82, 2.24) is 9.97 Å². The maximum absolute atomic E-state index is 10.1. The molecular formula is C19H18N3O. The average molecular weight is 304 g/mol. The topological polar surface area (TPSA) is 49.2 Å². The van der Waals surface area contributed by atoms with Gasteiger partial charge in [-0.15, -0.1) is 0 Å². The number of hydrogen-bond acceptors (Lipinski definition) is 4. The lowest BCUT2D eigenvalue weighted by Gasteiger charge is -2.19. The van der Waals surface area contributed by atoms with Crippen molar-refractivity contribution in [3.05, 3.63) is 54.4 Å². The highest BCUT2D eigenvalue weighted by molar-refractivity contribution is 5.92. The van der Waals surface area contributed by atoms with Crippen LogP contribution in [0, 0.1) is 13.3 Å². The minimum absolute atomic E-state index is 0.207. The fraction of sp³-hybridized carbons (Fsp3) is 0.211. The maximum atomic E-state index is 10.1. The van der Waals surface area contributed by atoms with Gasteiger partial charge in [0.15, 0.2) is 5.82 Å². The van der Waals surface area contributed by atoms with Crippen molar-refractivity contribution in [2.24, 2.45) is 0 Å². The van der Waals surface area contributed by atoms with Crippen LogP contribution in [0.25, 0.3) is 22.3 Å². The second-order valence-electron chi connectivity index (χ2n) is 5.93. The first-order valence-electron chi connectivity index (χ1n) is 7.86. The van der Waals surface area contributed by atoms with E-state index in [1.807, 2.05) is 12.1 Å². The van der Waals surface area contributed by atoms with Gasteiger partial charge in [0.05, 0.1) is 11.1 Å². The Morgan fingerprint density at radius 2 is 1.96 bits per heavy atom. The third kappa shape index (κ3) is 2.50. The highest BCUT2D eigenvalue weighted by Crippen LogP contribution is 2.32. The normalized spacial score (nSPS) is 14.6. The monoisotopic (exact) mass is 304 g/mol. The number of para-hydroxylation sites is 1. The lowest BCUT2D eigenvalue weighted by Crippen LogP contribution is -2.20. The molecule has 0 saturated carbocycles. The molecular weight excluding hydrogens is 286 g/mol. The Kier molecular flexibility index (Phi) is 3.37. The second-order valence-corrected chi connectivity index (χ2v) is 5.93. The van der Waals surface area contributed by atoms with Crippen LogP contribution in [0.1, 0.15) is 12.0 Å². The van der Waals surface area contributed by atoms with Gasteiger partial charge in [-0.25, -0.2) is 9.97 Å². The minimum atomic E-state index is 0.207. The van der Waals surface area contributed by atoms with Crippen LogP contribution in [0.5, 0.6) is 5.75 Å². The van der Waals surface area contributed by atoms with E-state index in [4.69, 9.17) is 9.97 Å². The molecule has 0 unspecified atom stereocenters. The Bertz CT molecular complexity index is 870. The number of aryl methyl sites for hydroxylation is 1. The fourth-order valence-electron chi connectivity index (χ4n) is 3.03. The molecule has 1 saturated heterocycles. The number of fused-ring (bicyclic) bond motifs is 1. The summed E-state index contributed by atoms with van der Waals surface area (Å²) in [5.74, 6) is 1.73. The molecule has 0 amide bonds. The van der Waals surface area contributed by atoms with Crippen LogP contribution in [0.4, 0.5) is 5.82 Å². The van der Waals surface area contributed by atoms with Crippen molar-refractivity contribution < 1.29 is 5.11 Å². The van der Waals surface area contributed by atoms with Gasteiger partial charge in [0.1, 0.15) is 11.6 Å². The molecule has 4 nitrogen and oxygen atoms in total. The van der Waals surface area contributed by atoms with E-state index in [0.29, 0.717) is 11.4 Å². The molecule has 1 aliphatic heterocycles. The van der Waals surface area contributed by atoms with Gasteiger partial charge in [-0.05, 0) is 49.6 Å². The highest BCUT2D eigenvalue weighted by atomic mass is 16.3. The van der Waals surface area contributed by atoms with E-state index in [9.17, 15) is 5.11 Å². The zero-order valence-electron chi connectivity index (χ0n) is 13.0. The first kappa shape index (κ1) is 14.0. The number of rotatable bonds is 2. The molecule has 1 N–H and O–H groups in total. The van der Waals surface area contributed by atoms with Crippen LogP contribution in [-0.2, 0) is 0 Å². The number of benzene rings is 2. The number of hydrogen-bond donors (Lipinski definition) is 1. The van der Waals surface area contributed by atoms with E-state index in [2.05, 4.69) is 36.4 Å². The second kappa shape index (κ2) is 5.54. The molecule has 0 bridgehead atoms. The Hall–Kier alpha value is -2.62. The van der Waals surface area contributed by atoms with E-state index < -0.39 is 0 Å². The minimum Gasteiger partial charge on any atom is -0.507 e. The lowest BCUT2D eigenvalue weighted by atomic mass is 10.1. The van der Waals surface area contributed by atoms with Crippen LogP contribution in [0.3, 0.4) is 0 Å². The molecule has 1 aliphatic rings. The maximum Gasteiger partial charge on any atom is 0.165 e. The molecule has 0 spiro atoms. The number of anilines is 1. The standard InChI is InChI=1S/C19H18N3O/c1-13-8-9-14-16(12-13)20-18(15-6-2-3-7-17(15)23)21-19(14)22-10-4-5-11-22/h2-4,6-9,12,23H,5,10-11H2,1H3. The Labute approximate surface area is 135 Å². The molecule has 23 heavy (non-hydrogen) atoms. The Morgan fingerprint density at radius 1 is 1.09 bits per heavy atom. The van der Waals surface area contributed by atoms with Crippen molar-refractivity contribution in [1.29, 1.82) is 0 Å². The van der Waals surface area contributed by atoms with Crippen molar-refractivity contribution in [2.75, 3.05) is 18.0 Å². The van der Waals surface area contributed by atoms with Gasteiger partial charge in [-0.3, -0.25) is 0 Å². The smallest absolute Gasteiger partial charge is 0.165 e. The zero-order valence-corrected chi connectivity index (χ0v) is 13.0. The van der Waals surface area contributed by atoms with Crippen LogP contribution < -0.4 is 4.90 Å². The molecule has 0 atom stereocenters. The highest BCUT2D eigenvalue weighted by Gasteiger charge is 2.19. The van der Waals surface area contributed by atoms with Gasteiger partial charge in [0, 0.05) is 18.5 Å². The molecule has 0 aliphatic carbocycles. The number of aromatic nitrogens is 2. The molecule has 1 aromatic heterocycles. The predicted octanol–water partition coefficient (Wildman–Crippen LogP) is 3.73. The van der Waals surface area contributed by atoms with Crippen molar-refractivity contribution in [3.8, 4) is 17.1 Å².